The van der Waals surface area contributed by atoms with E-state index in [1.165, 1.54) is 23.6 Å². The van der Waals surface area contributed by atoms with Gasteiger partial charge in [-0.3, -0.25) is 0 Å². The molecule has 0 aliphatic carbocycles. The first-order chi connectivity index (χ1) is 6.43. The average molecular weight is 195 g/mol. The number of nitrogens with one attached hydrogen (secondary N) is 1. The Kier molecular flexibility index (Phi) is 5.50. The second-order valence-electron chi connectivity index (χ2n) is 2.84. The summed E-state index contributed by atoms with van der Waals surface area (Å²) in [5.41, 5.74) is 1.23. The monoisotopic (exact) mass is 195 g/mol. The minimum atomic E-state index is 1.08. The van der Waals surface area contributed by atoms with Crippen LogP contribution in [0, 0.1) is 0 Å². The summed E-state index contributed by atoms with van der Waals surface area (Å²) < 4.78 is 0. The van der Waals surface area contributed by atoms with Gasteiger partial charge in [0.15, 0.2) is 0 Å². The average Bonchev–Trinajstić information content (AvgIpc) is 2.19. The lowest BCUT2D eigenvalue weighted by Crippen LogP contribution is -2.02. The molecule has 0 spiro atoms. The molecule has 0 saturated carbocycles. The van der Waals surface area contributed by atoms with Gasteiger partial charge in [0, 0.05) is 12.2 Å². The van der Waals surface area contributed by atoms with Crippen LogP contribution in [-0.2, 0) is 0 Å². The molecule has 0 radical (unpaired) electrons. The summed E-state index contributed by atoms with van der Waals surface area (Å²) in [6, 6.07) is 10.4. The summed E-state index contributed by atoms with van der Waals surface area (Å²) in [6.45, 7) is 3.28. The van der Waals surface area contributed by atoms with Crippen LogP contribution >= 0.6 is 11.8 Å². The van der Waals surface area contributed by atoms with E-state index < -0.39 is 0 Å². The van der Waals surface area contributed by atoms with Crippen LogP contribution in [0.25, 0.3) is 0 Å². The maximum absolute atomic E-state index is 3.39. The molecule has 0 aliphatic heterocycles. The topological polar surface area (TPSA) is 12.0 Å². The Labute approximate surface area is 84.9 Å². The lowest BCUT2D eigenvalue weighted by molar-refractivity contribution is 0.992. The number of hydrogen-bond acceptors (Lipinski definition) is 2. The van der Waals surface area contributed by atoms with Crippen molar-refractivity contribution in [1.82, 2.24) is 0 Å². The molecule has 13 heavy (non-hydrogen) atoms. The molecule has 0 aromatic heterocycles. The van der Waals surface area contributed by atoms with E-state index in [4.69, 9.17) is 0 Å². The number of hydrogen-bond donors (Lipinski definition) is 1. The third-order valence-corrected chi connectivity index (χ3v) is 2.76. The molecular formula is C11H17NS. The molecule has 1 N–H and O–H groups in total. The highest BCUT2D eigenvalue weighted by Gasteiger charge is 1.89. The third-order valence-electron chi connectivity index (χ3n) is 1.77. The van der Waals surface area contributed by atoms with E-state index in [0.29, 0.717) is 0 Å². The van der Waals surface area contributed by atoms with E-state index in [-0.39, 0.29) is 0 Å². The van der Waals surface area contributed by atoms with Crippen molar-refractivity contribution in [1.29, 1.82) is 0 Å². The quantitative estimate of drug-likeness (QED) is 0.699. The Morgan fingerprint density at radius 2 is 2.00 bits per heavy atom. The van der Waals surface area contributed by atoms with Crippen LogP contribution in [0.4, 0.5) is 5.69 Å². The second-order valence-corrected chi connectivity index (χ2v) is 4.24. The van der Waals surface area contributed by atoms with Gasteiger partial charge in [0.25, 0.3) is 0 Å². The van der Waals surface area contributed by atoms with E-state index in [1.54, 1.807) is 0 Å². The highest BCUT2D eigenvalue weighted by Crippen LogP contribution is 2.06. The van der Waals surface area contributed by atoms with Crippen molar-refractivity contribution >= 4 is 17.4 Å². The molecule has 0 bridgehead atoms. The van der Waals surface area contributed by atoms with Crippen molar-refractivity contribution in [3.05, 3.63) is 30.3 Å². The maximum atomic E-state index is 3.39. The minimum Gasteiger partial charge on any atom is -0.385 e. The van der Waals surface area contributed by atoms with Gasteiger partial charge in [-0.1, -0.05) is 25.1 Å². The molecule has 0 unspecified atom stereocenters. The Morgan fingerprint density at radius 1 is 1.23 bits per heavy atom. The minimum absolute atomic E-state index is 1.08. The molecule has 0 amide bonds. The van der Waals surface area contributed by atoms with Crippen LogP contribution in [0.5, 0.6) is 0 Å². The van der Waals surface area contributed by atoms with Gasteiger partial charge in [-0.15, -0.1) is 0 Å². The largest absolute Gasteiger partial charge is 0.385 e. The van der Waals surface area contributed by atoms with E-state index >= 15 is 0 Å². The fraction of sp³-hybridized carbons (Fsp3) is 0.455. The van der Waals surface area contributed by atoms with Gasteiger partial charge >= 0.3 is 0 Å². The molecule has 1 rings (SSSR count). The van der Waals surface area contributed by atoms with Crippen molar-refractivity contribution in [2.24, 2.45) is 0 Å². The Balaban J connectivity index is 2.07. The van der Waals surface area contributed by atoms with Crippen molar-refractivity contribution < 1.29 is 0 Å². The molecular weight excluding hydrogens is 178 g/mol. The molecule has 0 fully saturated rings. The molecule has 2 heteroatoms. The summed E-state index contributed by atoms with van der Waals surface area (Å²) in [5.74, 6) is 2.49. The standard InChI is InChI=1S/C11H17NS/c1-2-13-10-6-9-12-11-7-4-3-5-8-11/h3-5,7-8,12H,2,6,9-10H2,1H3. The highest BCUT2D eigenvalue weighted by atomic mass is 32.2. The van der Waals surface area contributed by atoms with E-state index in [0.717, 1.165) is 6.54 Å². The zero-order chi connectivity index (χ0) is 9.36. The molecule has 0 heterocycles. The van der Waals surface area contributed by atoms with Crippen LogP contribution < -0.4 is 5.32 Å². The first-order valence-electron chi connectivity index (χ1n) is 4.80. The fourth-order valence-corrected chi connectivity index (χ4v) is 1.74. The maximum Gasteiger partial charge on any atom is 0.0340 e. The summed E-state index contributed by atoms with van der Waals surface area (Å²) in [7, 11) is 0. The van der Waals surface area contributed by atoms with Gasteiger partial charge in [0.05, 0.1) is 0 Å². The van der Waals surface area contributed by atoms with Gasteiger partial charge in [0.2, 0.25) is 0 Å². The first-order valence-corrected chi connectivity index (χ1v) is 5.95. The van der Waals surface area contributed by atoms with Gasteiger partial charge < -0.3 is 5.32 Å². The molecule has 1 nitrogen and oxygen atoms in total. The zero-order valence-corrected chi connectivity index (χ0v) is 8.94. The lowest BCUT2D eigenvalue weighted by Gasteiger charge is -2.04. The molecule has 72 valence electrons. The normalized spacial score (nSPS) is 9.92. The van der Waals surface area contributed by atoms with Crippen LogP contribution in [0.1, 0.15) is 13.3 Å². The predicted molar refractivity (Wildman–Crippen MR) is 62.5 cm³/mol. The third kappa shape index (κ3) is 4.83. The molecule has 0 saturated heterocycles. The second kappa shape index (κ2) is 6.84. The summed E-state index contributed by atoms with van der Waals surface area (Å²) in [5, 5.41) is 3.39. The summed E-state index contributed by atoms with van der Waals surface area (Å²) in [6.07, 6.45) is 1.24. The molecule has 1 aromatic rings. The SMILES string of the molecule is CCSCCCNc1ccccc1. The van der Waals surface area contributed by atoms with E-state index in [9.17, 15) is 0 Å². The Hall–Kier alpha value is -0.630. The summed E-state index contributed by atoms with van der Waals surface area (Å²) in [4.78, 5) is 0. The number of rotatable bonds is 6. The number of benzene rings is 1. The summed E-state index contributed by atoms with van der Waals surface area (Å²) >= 11 is 2.00. The van der Waals surface area contributed by atoms with E-state index in [2.05, 4.69) is 36.5 Å². The van der Waals surface area contributed by atoms with Gasteiger partial charge in [-0.2, -0.15) is 11.8 Å². The van der Waals surface area contributed by atoms with Gasteiger partial charge in [-0.25, -0.2) is 0 Å². The van der Waals surface area contributed by atoms with Crippen molar-refractivity contribution in [2.75, 3.05) is 23.4 Å². The zero-order valence-electron chi connectivity index (χ0n) is 8.12. The van der Waals surface area contributed by atoms with Crippen LogP contribution in [0.15, 0.2) is 30.3 Å². The number of thioether (sulfide) groups is 1. The van der Waals surface area contributed by atoms with Crippen molar-refractivity contribution in [2.45, 2.75) is 13.3 Å². The lowest BCUT2D eigenvalue weighted by atomic mass is 10.3. The van der Waals surface area contributed by atoms with Crippen molar-refractivity contribution in [3.63, 3.8) is 0 Å². The number of para-hydroxylation sites is 1. The van der Waals surface area contributed by atoms with Gasteiger partial charge in [-0.05, 0) is 30.1 Å². The van der Waals surface area contributed by atoms with E-state index in [1.807, 2.05) is 17.8 Å². The van der Waals surface area contributed by atoms with Crippen LogP contribution in [-0.4, -0.2) is 18.1 Å². The molecule has 0 atom stereocenters. The highest BCUT2D eigenvalue weighted by molar-refractivity contribution is 7.99. The Bertz CT molecular complexity index is 211. The molecule has 1 aromatic carbocycles. The smallest absolute Gasteiger partial charge is 0.0340 e. The predicted octanol–water partition coefficient (Wildman–Crippen LogP) is 3.24. The number of anilines is 1. The van der Waals surface area contributed by atoms with Gasteiger partial charge in [0.1, 0.15) is 0 Å². The fourth-order valence-electron chi connectivity index (χ4n) is 1.11. The van der Waals surface area contributed by atoms with Crippen molar-refractivity contribution in [3.8, 4) is 0 Å². The Morgan fingerprint density at radius 3 is 2.69 bits per heavy atom. The van der Waals surface area contributed by atoms with Crippen LogP contribution in [0.2, 0.25) is 0 Å². The van der Waals surface area contributed by atoms with Crippen LogP contribution in [0.3, 0.4) is 0 Å². The first kappa shape index (κ1) is 10.5. The molecule has 0 aliphatic rings.